The zero-order valence-electron chi connectivity index (χ0n) is 30.6. The van der Waals surface area contributed by atoms with Gasteiger partial charge in [0.2, 0.25) is 5.91 Å². The number of allylic oxidation sites excluding steroid dienone is 1. The van der Waals surface area contributed by atoms with E-state index in [9.17, 15) is 48.4 Å². The first kappa shape index (κ1) is 44.8. The standard InChI is InChI=1S/C30H43N9O17P2/c1-3-5-6-19(40)36-15(10-50-9-4-2)29(43)55-23-16(53-28(21(23)41)39-14-35-20-25(32)33-13-34-26(20)39)12-52-58(48,49)56-24-17(11-51-57(45,46)47)54-27(22(24)42)38-8-7-18(31)37-30(38)44/h3,7-8,13-17,21-24,27-28,41-42H,1,4-6,9-12H2,2H3,(H,36,40)(H,48,49)(H2,31,37,44)(H2,32,33,34)(H2,45,46,47)/t15?,16-,17-,21-,22-,23-,24-,27-,28-/m1/s1. The number of amides is 1. The van der Waals surface area contributed by atoms with E-state index in [0.29, 0.717) is 12.8 Å². The number of carbonyl (C=O) groups excluding carboxylic acids is 2. The number of nitrogen functional groups attached to an aromatic ring is 2. The molecule has 28 heteroatoms. The zero-order valence-corrected chi connectivity index (χ0v) is 32.4. The SMILES string of the molecule is C=CCCC(=O)NC(COCCC)C(=O)O[C@H]1[C@@H](O)[C@H](n2cnc3c(N)ncnc32)O[C@@H]1COP(=O)(O)O[C@H]1[C@@H](O)[C@H](n2ccc(N)nc2=O)O[C@@H]1COP(=O)(O)O. The first-order chi connectivity index (χ1) is 27.4. The molecule has 2 unspecified atom stereocenters. The number of nitrogens with zero attached hydrogens (tertiary/aromatic N) is 6. The largest absolute Gasteiger partial charge is 0.472 e. The highest BCUT2D eigenvalue weighted by molar-refractivity contribution is 7.47. The molecule has 320 valence electrons. The summed E-state index contributed by atoms with van der Waals surface area (Å²) in [5, 5.41) is 25.2. The number of phosphoric acid groups is 2. The fourth-order valence-electron chi connectivity index (χ4n) is 5.87. The molecule has 0 saturated carbocycles. The van der Waals surface area contributed by atoms with Crippen molar-refractivity contribution in [1.29, 1.82) is 0 Å². The third kappa shape index (κ3) is 11.1. The number of carbonyl (C=O) groups is 2. The van der Waals surface area contributed by atoms with Crippen molar-refractivity contribution in [2.75, 3.05) is 37.9 Å². The number of hydrogen-bond donors (Lipinski definition) is 8. The van der Waals surface area contributed by atoms with Gasteiger partial charge in [-0.15, -0.1) is 6.58 Å². The monoisotopic (exact) mass is 863 g/mol. The topological polar surface area (TPSA) is 377 Å². The van der Waals surface area contributed by atoms with E-state index in [0.717, 1.165) is 17.1 Å². The number of rotatable bonds is 20. The van der Waals surface area contributed by atoms with Crippen LogP contribution < -0.4 is 22.5 Å². The van der Waals surface area contributed by atoms with Gasteiger partial charge in [0.25, 0.3) is 0 Å². The number of esters is 1. The van der Waals surface area contributed by atoms with Crippen molar-refractivity contribution in [3.63, 3.8) is 0 Å². The maximum atomic E-state index is 13.6. The van der Waals surface area contributed by atoms with Crippen LogP contribution >= 0.6 is 15.6 Å². The molecule has 0 bridgehead atoms. The highest BCUT2D eigenvalue weighted by Gasteiger charge is 2.52. The molecule has 2 aliphatic heterocycles. The Balaban J connectivity index is 1.39. The number of imidazole rings is 1. The molecule has 0 spiro atoms. The van der Waals surface area contributed by atoms with E-state index >= 15 is 0 Å². The first-order valence-electron chi connectivity index (χ1n) is 17.4. The molecule has 10 atom stereocenters. The van der Waals surface area contributed by atoms with Crippen molar-refractivity contribution >= 4 is 50.3 Å². The van der Waals surface area contributed by atoms with Gasteiger partial charge in [0.05, 0.1) is 26.1 Å². The highest BCUT2D eigenvalue weighted by atomic mass is 31.2. The van der Waals surface area contributed by atoms with Crippen LogP contribution in [0, 0.1) is 0 Å². The lowest BCUT2D eigenvalue weighted by atomic mass is 10.1. The zero-order chi connectivity index (χ0) is 42.4. The van der Waals surface area contributed by atoms with Crippen LogP contribution in [0.4, 0.5) is 11.6 Å². The molecule has 5 rings (SSSR count). The summed E-state index contributed by atoms with van der Waals surface area (Å²) >= 11 is 0. The Hall–Kier alpha value is -4.27. The number of aromatic nitrogens is 6. The van der Waals surface area contributed by atoms with E-state index in [1.54, 1.807) is 0 Å². The fraction of sp³-hybridized carbons (Fsp3) is 0.567. The molecule has 0 aliphatic carbocycles. The summed E-state index contributed by atoms with van der Waals surface area (Å²) in [4.78, 5) is 83.7. The molecule has 3 aromatic rings. The maximum Gasteiger partial charge on any atom is 0.472 e. The average molecular weight is 864 g/mol. The summed E-state index contributed by atoms with van der Waals surface area (Å²) < 4.78 is 64.5. The van der Waals surface area contributed by atoms with Gasteiger partial charge in [-0.05, 0) is 18.9 Å². The number of ether oxygens (including phenoxy) is 4. The van der Waals surface area contributed by atoms with Crippen molar-refractivity contribution < 1.29 is 76.1 Å². The Kier molecular flexibility index (Phi) is 14.8. The number of hydrogen-bond acceptors (Lipinski definition) is 20. The molecule has 58 heavy (non-hydrogen) atoms. The first-order valence-corrected chi connectivity index (χ1v) is 20.4. The maximum absolute atomic E-state index is 13.6. The Bertz CT molecular complexity index is 2080. The highest BCUT2D eigenvalue weighted by Crippen LogP contribution is 2.50. The van der Waals surface area contributed by atoms with Crippen LogP contribution in [-0.2, 0) is 51.2 Å². The number of phosphoric ester groups is 2. The molecule has 0 aromatic carbocycles. The molecular weight excluding hydrogens is 820 g/mol. The lowest BCUT2D eigenvalue weighted by molar-refractivity contribution is -0.162. The molecule has 3 aromatic heterocycles. The van der Waals surface area contributed by atoms with Crippen LogP contribution in [0.1, 0.15) is 38.6 Å². The lowest BCUT2D eigenvalue weighted by Crippen LogP contribution is -2.48. The van der Waals surface area contributed by atoms with Gasteiger partial charge in [-0.2, -0.15) is 4.98 Å². The van der Waals surface area contributed by atoms with Crippen LogP contribution in [0.15, 0.2) is 42.4 Å². The summed E-state index contributed by atoms with van der Waals surface area (Å²) in [6.07, 6.45) is -8.04. The molecular formula is C30H43N9O17P2. The van der Waals surface area contributed by atoms with Crippen LogP contribution in [0.3, 0.4) is 0 Å². The summed E-state index contributed by atoms with van der Waals surface area (Å²) in [6.45, 7) is 3.31. The van der Waals surface area contributed by atoms with Crippen LogP contribution in [-0.4, -0.2) is 135 Å². The van der Waals surface area contributed by atoms with E-state index in [4.69, 9.17) is 39.5 Å². The van der Waals surface area contributed by atoms with E-state index in [2.05, 4.69) is 36.4 Å². The van der Waals surface area contributed by atoms with Crippen molar-refractivity contribution in [1.82, 2.24) is 34.4 Å². The van der Waals surface area contributed by atoms with Crippen molar-refractivity contribution in [2.45, 2.75) is 81.3 Å². The third-order valence-corrected chi connectivity index (χ3v) is 10.0. The van der Waals surface area contributed by atoms with E-state index in [-0.39, 0.29) is 42.4 Å². The predicted octanol–water partition coefficient (Wildman–Crippen LogP) is -1.83. The van der Waals surface area contributed by atoms with Gasteiger partial charge in [0.1, 0.15) is 48.2 Å². The summed E-state index contributed by atoms with van der Waals surface area (Å²) in [5.41, 5.74) is 10.6. The number of anilines is 2. The van der Waals surface area contributed by atoms with E-state index in [1.807, 2.05) is 6.92 Å². The van der Waals surface area contributed by atoms with Gasteiger partial charge in [0, 0.05) is 19.2 Å². The minimum Gasteiger partial charge on any atom is -0.455 e. The minimum atomic E-state index is -5.40. The Labute approximate surface area is 327 Å². The molecule has 2 fully saturated rings. The molecule has 2 aliphatic rings. The Morgan fingerprint density at radius 3 is 2.38 bits per heavy atom. The minimum absolute atomic E-state index is 0.0121. The van der Waals surface area contributed by atoms with Gasteiger partial charge >= 0.3 is 27.3 Å². The molecule has 2 saturated heterocycles. The van der Waals surface area contributed by atoms with Gasteiger partial charge in [0.15, 0.2) is 36.1 Å². The van der Waals surface area contributed by atoms with Crippen LogP contribution in [0.25, 0.3) is 11.2 Å². The average Bonchev–Trinajstić information content (AvgIpc) is 3.82. The quantitative estimate of drug-likeness (QED) is 0.0268. The van der Waals surface area contributed by atoms with Gasteiger partial charge < -0.3 is 60.6 Å². The van der Waals surface area contributed by atoms with Crippen LogP contribution in [0.2, 0.25) is 0 Å². The smallest absolute Gasteiger partial charge is 0.455 e. The predicted molar refractivity (Wildman–Crippen MR) is 193 cm³/mol. The number of aliphatic hydroxyl groups excluding tert-OH is 2. The second-order valence-electron chi connectivity index (χ2n) is 12.8. The normalized spacial score (nSPS) is 26.3. The number of nitrogens with two attached hydrogens (primary N) is 2. The number of fused-ring (bicyclic) bond motifs is 1. The summed E-state index contributed by atoms with van der Waals surface area (Å²) in [5.74, 6) is -1.81. The number of aliphatic hydroxyl groups is 2. The van der Waals surface area contributed by atoms with Crippen molar-refractivity contribution in [2.24, 2.45) is 0 Å². The van der Waals surface area contributed by atoms with Gasteiger partial charge in [-0.25, -0.2) is 33.7 Å². The van der Waals surface area contributed by atoms with E-state index < -0.39 is 102 Å². The summed E-state index contributed by atoms with van der Waals surface area (Å²) in [6, 6.07) is -0.205. The van der Waals surface area contributed by atoms with Crippen molar-refractivity contribution in [3.8, 4) is 0 Å². The molecule has 1 amide bonds. The van der Waals surface area contributed by atoms with Crippen molar-refractivity contribution in [3.05, 3.63) is 48.1 Å². The molecule has 10 N–H and O–H groups in total. The molecule has 26 nitrogen and oxygen atoms in total. The molecule has 5 heterocycles. The Morgan fingerprint density at radius 2 is 1.71 bits per heavy atom. The lowest BCUT2D eigenvalue weighted by Gasteiger charge is -2.26. The van der Waals surface area contributed by atoms with Gasteiger partial charge in [-0.3, -0.25) is 27.5 Å². The number of nitrogens with one attached hydrogen (secondary N) is 1. The second-order valence-corrected chi connectivity index (χ2v) is 15.4. The fourth-order valence-corrected chi connectivity index (χ4v) is 7.18. The Morgan fingerprint density at radius 1 is 1.03 bits per heavy atom. The molecule has 0 radical (unpaired) electrons. The van der Waals surface area contributed by atoms with E-state index in [1.165, 1.54) is 23.0 Å². The third-order valence-electron chi connectivity index (χ3n) is 8.55. The second kappa shape index (κ2) is 19.2. The van der Waals surface area contributed by atoms with Gasteiger partial charge in [-0.1, -0.05) is 13.0 Å². The van der Waals surface area contributed by atoms with Crippen LogP contribution in [0.5, 0.6) is 0 Å². The summed E-state index contributed by atoms with van der Waals surface area (Å²) in [7, 11) is -10.6.